The second-order valence-corrected chi connectivity index (χ2v) is 5.60. The van der Waals surface area contributed by atoms with Crippen LogP contribution in [0.3, 0.4) is 0 Å². The van der Waals surface area contributed by atoms with Crippen LogP contribution in [0.25, 0.3) is 0 Å². The van der Waals surface area contributed by atoms with Crippen molar-refractivity contribution in [3.63, 3.8) is 0 Å². The molecule has 1 aromatic carbocycles. The second-order valence-electron chi connectivity index (χ2n) is 5.60. The van der Waals surface area contributed by atoms with E-state index in [1.165, 1.54) is 6.07 Å². The standard InChI is InChI=1S/C16H17F3N4O/c1-10-8-20-9-13(24-10)11-2-4-12(5-3-11)22-14-6-7-21-15(23-14)16(17,18)19/h2-7,10,13,20H,8-9H2,1H3,(H,21,22,23)/t10-,13-/m1/s1. The lowest BCUT2D eigenvalue weighted by Crippen LogP contribution is -2.38. The molecule has 0 amide bonds. The van der Waals surface area contributed by atoms with E-state index in [-0.39, 0.29) is 18.0 Å². The minimum Gasteiger partial charge on any atom is -0.368 e. The summed E-state index contributed by atoms with van der Waals surface area (Å²) in [7, 11) is 0. The number of hydrogen-bond acceptors (Lipinski definition) is 5. The third-order valence-corrected chi connectivity index (χ3v) is 3.62. The van der Waals surface area contributed by atoms with Gasteiger partial charge in [-0.25, -0.2) is 9.97 Å². The van der Waals surface area contributed by atoms with Crippen LogP contribution in [-0.4, -0.2) is 29.2 Å². The molecule has 0 unspecified atom stereocenters. The van der Waals surface area contributed by atoms with Gasteiger partial charge in [-0.2, -0.15) is 13.2 Å². The van der Waals surface area contributed by atoms with Crippen molar-refractivity contribution >= 4 is 11.5 Å². The number of rotatable bonds is 3. The molecule has 0 aliphatic carbocycles. The van der Waals surface area contributed by atoms with Gasteiger partial charge in [-0.3, -0.25) is 0 Å². The second kappa shape index (κ2) is 6.74. The van der Waals surface area contributed by atoms with Crippen molar-refractivity contribution < 1.29 is 17.9 Å². The number of halogens is 3. The van der Waals surface area contributed by atoms with Crippen molar-refractivity contribution in [1.29, 1.82) is 0 Å². The molecule has 2 N–H and O–H groups in total. The van der Waals surface area contributed by atoms with Crippen molar-refractivity contribution in [2.45, 2.75) is 25.3 Å². The summed E-state index contributed by atoms with van der Waals surface area (Å²) >= 11 is 0. The summed E-state index contributed by atoms with van der Waals surface area (Å²) in [6.45, 7) is 3.56. The first-order valence-electron chi connectivity index (χ1n) is 7.55. The molecule has 5 nitrogen and oxygen atoms in total. The Balaban J connectivity index is 1.70. The first-order valence-corrected chi connectivity index (χ1v) is 7.55. The molecule has 8 heteroatoms. The Hall–Kier alpha value is -2.19. The maximum absolute atomic E-state index is 12.6. The largest absolute Gasteiger partial charge is 0.451 e. The topological polar surface area (TPSA) is 59.1 Å². The summed E-state index contributed by atoms with van der Waals surface area (Å²) in [5, 5.41) is 6.14. The Kier molecular flexibility index (Phi) is 4.68. The number of aromatic nitrogens is 2. The highest BCUT2D eigenvalue weighted by Crippen LogP contribution is 2.27. The number of alkyl halides is 3. The average Bonchev–Trinajstić information content (AvgIpc) is 2.55. The molecule has 2 atom stereocenters. The van der Waals surface area contributed by atoms with E-state index >= 15 is 0 Å². The van der Waals surface area contributed by atoms with Gasteiger partial charge < -0.3 is 15.4 Å². The van der Waals surface area contributed by atoms with E-state index in [0.29, 0.717) is 5.69 Å². The van der Waals surface area contributed by atoms with Crippen LogP contribution in [0.5, 0.6) is 0 Å². The highest BCUT2D eigenvalue weighted by Gasteiger charge is 2.34. The van der Waals surface area contributed by atoms with Crippen LogP contribution < -0.4 is 10.6 Å². The quantitative estimate of drug-likeness (QED) is 0.899. The first-order chi connectivity index (χ1) is 11.4. The average molecular weight is 338 g/mol. The fourth-order valence-electron chi connectivity index (χ4n) is 2.48. The minimum absolute atomic E-state index is 0.0290. The van der Waals surface area contributed by atoms with E-state index in [0.717, 1.165) is 24.8 Å². The van der Waals surface area contributed by atoms with Crippen LogP contribution in [-0.2, 0) is 10.9 Å². The van der Waals surface area contributed by atoms with Gasteiger partial charge in [0.15, 0.2) is 0 Å². The van der Waals surface area contributed by atoms with Gasteiger partial charge >= 0.3 is 6.18 Å². The van der Waals surface area contributed by atoms with Crippen molar-refractivity contribution in [3.8, 4) is 0 Å². The van der Waals surface area contributed by atoms with Crippen LogP contribution >= 0.6 is 0 Å². The van der Waals surface area contributed by atoms with E-state index in [1.54, 1.807) is 12.1 Å². The van der Waals surface area contributed by atoms with Crippen LogP contribution in [0, 0.1) is 0 Å². The number of hydrogen-bond donors (Lipinski definition) is 2. The lowest BCUT2D eigenvalue weighted by Gasteiger charge is -2.29. The Morgan fingerprint density at radius 1 is 1.17 bits per heavy atom. The molecule has 0 saturated carbocycles. The SMILES string of the molecule is C[C@@H]1CNC[C@H](c2ccc(Nc3ccnc(C(F)(F)F)n3)cc2)O1. The van der Waals surface area contributed by atoms with Crippen LogP contribution in [0.1, 0.15) is 24.4 Å². The molecule has 24 heavy (non-hydrogen) atoms. The van der Waals surface area contributed by atoms with Crippen molar-refractivity contribution in [1.82, 2.24) is 15.3 Å². The number of benzene rings is 1. The smallest absolute Gasteiger partial charge is 0.368 e. The molecule has 3 rings (SSSR count). The molecule has 1 fully saturated rings. The number of morpholine rings is 1. The fourth-order valence-corrected chi connectivity index (χ4v) is 2.48. The summed E-state index contributed by atoms with van der Waals surface area (Å²) in [5.41, 5.74) is 1.65. The van der Waals surface area contributed by atoms with E-state index in [2.05, 4.69) is 20.6 Å². The van der Waals surface area contributed by atoms with Gasteiger partial charge in [-0.1, -0.05) is 12.1 Å². The molecular weight excluding hydrogens is 321 g/mol. The molecular formula is C16H17F3N4O. The maximum atomic E-state index is 12.6. The molecule has 1 aliphatic heterocycles. The van der Waals surface area contributed by atoms with E-state index in [1.807, 2.05) is 19.1 Å². The van der Waals surface area contributed by atoms with E-state index in [9.17, 15) is 13.2 Å². The first kappa shape index (κ1) is 16.7. The van der Waals surface area contributed by atoms with Crippen molar-refractivity contribution in [3.05, 3.63) is 47.9 Å². The fraction of sp³-hybridized carbons (Fsp3) is 0.375. The molecule has 2 heterocycles. The number of nitrogens with zero attached hydrogens (tertiary/aromatic N) is 2. The van der Waals surface area contributed by atoms with E-state index < -0.39 is 12.0 Å². The van der Waals surface area contributed by atoms with Crippen LogP contribution in [0.15, 0.2) is 36.5 Å². The monoisotopic (exact) mass is 338 g/mol. The minimum atomic E-state index is -4.57. The summed E-state index contributed by atoms with van der Waals surface area (Å²) < 4.78 is 43.7. The molecule has 0 spiro atoms. The molecule has 0 bridgehead atoms. The predicted molar refractivity (Wildman–Crippen MR) is 82.9 cm³/mol. The maximum Gasteiger partial charge on any atom is 0.451 e. The molecule has 1 saturated heterocycles. The zero-order valence-electron chi connectivity index (χ0n) is 13.0. The van der Waals surface area contributed by atoms with Gasteiger partial charge in [0.05, 0.1) is 12.2 Å². The highest BCUT2D eigenvalue weighted by atomic mass is 19.4. The third-order valence-electron chi connectivity index (χ3n) is 3.62. The van der Waals surface area contributed by atoms with Gasteiger partial charge in [0, 0.05) is 25.0 Å². The Labute approximate surface area is 137 Å². The van der Waals surface area contributed by atoms with Crippen LogP contribution in [0.4, 0.5) is 24.7 Å². The van der Waals surface area contributed by atoms with Gasteiger partial charge in [0.1, 0.15) is 5.82 Å². The zero-order valence-corrected chi connectivity index (χ0v) is 13.0. The molecule has 2 aromatic rings. The van der Waals surface area contributed by atoms with Gasteiger partial charge in [0.2, 0.25) is 5.82 Å². The van der Waals surface area contributed by atoms with Crippen molar-refractivity contribution in [2.75, 3.05) is 18.4 Å². The summed E-state index contributed by atoms with van der Waals surface area (Å²) in [5.74, 6) is -1.07. The number of anilines is 2. The molecule has 0 radical (unpaired) electrons. The molecule has 1 aliphatic rings. The van der Waals surface area contributed by atoms with Gasteiger partial charge in [-0.15, -0.1) is 0 Å². The van der Waals surface area contributed by atoms with Gasteiger partial charge in [-0.05, 0) is 30.7 Å². The predicted octanol–water partition coefficient (Wildman–Crippen LogP) is 3.29. The highest BCUT2D eigenvalue weighted by molar-refractivity contribution is 5.56. The zero-order chi connectivity index (χ0) is 17.2. The number of ether oxygens (including phenoxy) is 1. The summed E-state index contributed by atoms with van der Waals surface area (Å²) in [6, 6.07) is 8.73. The van der Waals surface area contributed by atoms with E-state index in [4.69, 9.17) is 4.74 Å². The third kappa shape index (κ3) is 4.01. The Morgan fingerprint density at radius 2 is 1.92 bits per heavy atom. The van der Waals surface area contributed by atoms with Gasteiger partial charge in [0.25, 0.3) is 0 Å². The Morgan fingerprint density at radius 3 is 2.58 bits per heavy atom. The van der Waals surface area contributed by atoms with Crippen molar-refractivity contribution in [2.24, 2.45) is 0 Å². The Bertz CT molecular complexity index is 690. The molecule has 1 aromatic heterocycles. The summed E-state index contributed by atoms with van der Waals surface area (Å²) in [4.78, 5) is 6.71. The van der Waals surface area contributed by atoms with Crippen LogP contribution in [0.2, 0.25) is 0 Å². The lowest BCUT2D eigenvalue weighted by molar-refractivity contribution is -0.144. The lowest BCUT2D eigenvalue weighted by atomic mass is 10.1. The normalized spacial score (nSPS) is 21.5. The molecule has 128 valence electrons. The number of nitrogens with one attached hydrogen (secondary N) is 2. The summed E-state index contributed by atoms with van der Waals surface area (Å²) in [6.07, 6.45) is -3.37.